The van der Waals surface area contributed by atoms with Gasteiger partial charge in [0.2, 0.25) is 5.89 Å². The summed E-state index contributed by atoms with van der Waals surface area (Å²) in [6, 6.07) is 0. The Balaban J connectivity index is 2.14. The van der Waals surface area contributed by atoms with Crippen LogP contribution in [0.1, 0.15) is 49.1 Å². The monoisotopic (exact) mass is 281 g/mol. The number of aromatic nitrogens is 3. The van der Waals surface area contributed by atoms with Crippen molar-refractivity contribution in [3.8, 4) is 0 Å². The summed E-state index contributed by atoms with van der Waals surface area (Å²) in [5.74, 6) is 1.25. The lowest BCUT2D eigenvalue weighted by Crippen LogP contribution is -2.20. The molecule has 104 valence electrons. The Morgan fingerprint density at radius 2 is 2.05 bits per heavy atom. The molecule has 0 spiro atoms. The molecule has 5 nitrogen and oxygen atoms in total. The molecule has 2 aromatic heterocycles. The fourth-order valence-electron chi connectivity index (χ4n) is 2.14. The van der Waals surface area contributed by atoms with E-state index in [0.29, 0.717) is 18.1 Å². The van der Waals surface area contributed by atoms with Crippen LogP contribution in [0.5, 0.6) is 0 Å². The lowest BCUT2D eigenvalue weighted by atomic mass is 9.91. The predicted octanol–water partition coefficient (Wildman–Crippen LogP) is 2.55. The maximum absolute atomic E-state index is 9.80. The first-order chi connectivity index (χ1) is 8.97. The van der Waals surface area contributed by atoms with Gasteiger partial charge in [-0.3, -0.25) is 0 Å². The van der Waals surface area contributed by atoms with Crippen molar-refractivity contribution < 1.29 is 9.63 Å². The van der Waals surface area contributed by atoms with Gasteiger partial charge in [0.15, 0.2) is 5.82 Å². The number of nitrogens with zero attached hydrogens (tertiary/aromatic N) is 3. The minimum Gasteiger partial charge on any atom is -0.393 e. The Hall–Kier alpha value is -1.27. The van der Waals surface area contributed by atoms with Gasteiger partial charge in [-0.15, -0.1) is 11.3 Å². The van der Waals surface area contributed by atoms with Gasteiger partial charge < -0.3 is 9.63 Å². The molecule has 0 aliphatic rings. The van der Waals surface area contributed by atoms with Crippen LogP contribution in [0, 0.1) is 12.8 Å². The lowest BCUT2D eigenvalue weighted by Gasteiger charge is -2.19. The highest BCUT2D eigenvalue weighted by molar-refractivity contribution is 7.09. The van der Waals surface area contributed by atoms with E-state index in [1.54, 1.807) is 18.3 Å². The molecule has 0 aromatic carbocycles. The van der Waals surface area contributed by atoms with Gasteiger partial charge in [0, 0.05) is 11.1 Å². The van der Waals surface area contributed by atoms with Crippen LogP contribution in [-0.4, -0.2) is 26.3 Å². The zero-order valence-corrected chi connectivity index (χ0v) is 12.4. The zero-order valence-electron chi connectivity index (χ0n) is 11.6. The Labute approximate surface area is 116 Å². The minimum absolute atomic E-state index is 0.126. The molecule has 19 heavy (non-hydrogen) atoms. The summed E-state index contributed by atoms with van der Waals surface area (Å²) in [7, 11) is 0. The van der Waals surface area contributed by atoms with Crippen molar-refractivity contribution in [2.75, 3.05) is 0 Å². The van der Waals surface area contributed by atoms with E-state index in [9.17, 15) is 5.11 Å². The highest BCUT2D eigenvalue weighted by Crippen LogP contribution is 2.27. The molecule has 2 atom stereocenters. The maximum Gasteiger partial charge on any atom is 0.232 e. The first-order valence-electron chi connectivity index (χ1n) is 6.39. The van der Waals surface area contributed by atoms with Crippen molar-refractivity contribution in [2.24, 2.45) is 5.92 Å². The van der Waals surface area contributed by atoms with Gasteiger partial charge in [-0.25, -0.2) is 4.98 Å². The molecule has 2 unspecified atom stereocenters. The summed E-state index contributed by atoms with van der Waals surface area (Å²) < 4.78 is 5.28. The second-order valence-electron chi connectivity index (χ2n) is 5.12. The number of aryl methyl sites for hydroxylation is 1. The van der Waals surface area contributed by atoms with Crippen LogP contribution in [-0.2, 0) is 6.42 Å². The summed E-state index contributed by atoms with van der Waals surface area (Å²) in [5.41, 5.74) is 1.01. The van der Waals surface area contributed by atoms with Crippen molar-refractivity contribution in [2.45, 2.75) is 46.1 Å². The second kappa shape index (κ2) is 5.79. The number of hydrogen-bond donors (Lipinski definition) is 1. The highest BCUT2D eigenvalue weighted by atomic mass is 32.1. The first kappa shape index (κ1) is 14.1. The molecule has 0 bridgehead atoms. The van der Waals surface area contributed by atoms with E-state index >= 15 is 0 Å². The van der Waals surface area contributed by atoms with Gasteiger partial charge in [0.25, 0.3) is 0 Å². The Kier molecular flexibility index (Phi) is 4.31. The third-order valence-corrected chi connectivity index (χ3v) is 3.95. The standard InChI is InChI=1S/C13H19N3O2S/c1-7(2)12(9(4)17)13-15-10(16-18-13)5-11-14-8(3)6-19-11/h6-7,9,12,17H,5H2,1-4H3. The average molecular weight is 281 g/mol. The van der Waals surface area contributed by atoms with Crippen LogP contribution < -0.4 is 0 Å². The Morgan fingerprint density at radius 1 is 1.32 bits per heavy atom. The maximum atomic E-state index is 9.80. The third kappa shape index (κ3) is 3.39. The molecule has 2 aromatic rings. The van der Waals surface area contributed by atoms with Crippen LogP contribution in [0.3, 0.4) is 0 Å². The molecule has 0 amide bonds. The number of rotatable bonds is 5. The average Bonchev–Trinajstić information content (AvgIpc) is 2.88. The van der Waals surface area contributed by atoms with Crippen molar-refractivity contribution >= 4 is 11.3 Å². The number of thiazole rings is 1. The summed E-state index contributed by atoms with van der Waals surface area (Å²) >= 11 is 1.59. The van der Waals surface area contributed by atoms with Gasteiger partial charge in [0.05, 0.1) is 18.4 Å². The van der Waals surface area contributed by atoms with Gasteiger partial charge in [-0.1, -0.05) is 19.0 Å². The fraction of sp³-hybridized carbons (Fsp3) is 0.615. The van der Waals surface area contributed by atoms with Gasteiger partial charge >= 0.3 is 0 Å². The predicted molar refractivity (Wildman–Crippen MR) is 73.2 cm³/mol. The van der Waals surface area contributed by atoms with Crippen molar-refractivity contribution in [3.63, 3.8) is 0 Å². The van der Waals surface area contributed by atoms with Crippen LogP contribution >= 0.6 is 11.3 Å². The Morgan fingerprint density at radius 3 is 2.58 bits per heavy atom. The molecule has 0 aliphatic heterocycles. The van der Waals surface area contributed by atoms with Gasteiger partial charge in [-0.2, -0.15) is 4.98 Å². The van der Waals surface area contributed by atoms with Crippen molar-refractivity contribution in [1.29, 1.82) is 0 Å². The Bertz CT molecular complexity index is 525. The molecule has 0 fully saturated rings. The third-order valence-electron chi connectivity index (χ3n) is 2.98. The van der Waals surface area contributed by atoms with Gasteiger partial charge in [0.1, 0.15) is 5.01 Å². The molecule has 6 heteroatoms. The summed E-state index contributed by atoms with van der Waals surface area (Å²) in [6.07, 6.45) is 0.0718. The topological polar surface area (TPSA) is 72.0 Å². The van der Waals surface area contributed by atoms with E-state index in [1.807, 2.05) is 26.2 Å². The molecule has 1 N–H and O–H groups in total. The molecule has 0 saturated carbocycles. The van der Waals surface area contributed by atoms with Crippen molar-refractivity contribution in [1.82, 2.24) is 15.1 Å². The number of hydrogen-bond acceptors (Lipinski definition) is 6. The van der Waals surface area contributed by atoms with Crippen LogP contribution in [0.15, 0.2) is 9.90 Å². The summed E-state index contributed by atoms with van der Waals surface area (Å²) in [6.45, 7) is 7.78. The first-order valence-corrected chi connectivity index (χ1v) is 7.27. The summed E-state index contributed by atoms with van der Waals surface area (Å²) in [5, 5.41) is 16.8. The zero-order chi connectivity index (χ0) is 14.0. The smallest absolute Gasteiger partial charge is 0.232 e. The molecule has 2 heterocycles. The second-order valence-corrected chi connectivity index (χ2v) is 6.06. The van der Waals surface area contributed by atoms with Crippen LogP contribution in [0.25, 0.3) is 0 Å². The van der Waals surface area contributed by atoms with E-state index in [2.05, 4.69) is 15.1 Å². The largest absolute Gasteiger partial charge is 0.393 e. The normalized spacial score (nSPS) is 14.8. The van der Waals surface area contributed by atoms with Gasteiger partial charge in [-0.05, 0) is 19.8 Å². The molecule has 0 radical (unpaired) electrons. The number of aliphatic hydroxyl groups is 1. The SMILES string of the molecule is Cc1csc(Cc2noc(C(C(C)C)C(C)O)n2)n1. The molecule has 2 rings (SSSR count). The van der Waals surface area contributed by atoms with E-state index in [4.69, 9.17) is 4.52 Å². The van der Waals surface area contributed by atoms with Crippen LogP contribution in [0.2, 0.25) is 0 Å². The van der Waals surface area contributed by atoms with Crippen LogP contribution in [0.4, 0.5) is 0 Å². The number of aliphatic hydroxyl groups excluding tert-OH is 1. The lowest BCUT2D eigenvalue weighted by molar-refractivity contribution is 0.120. The van der Waals surface area contributed by atoms with E-state index in [0.717, 1.165) is 10.7 Å². The van der Waals surface area contributed by atoms with E-state index < -0.39 is 6.10 Å². The summed E-state index contributed by atoms with van der Waals surface area (Å²) in [4.78, 5) is 8.76. The van der Waals surface area contributed by atoms with Crippen molar-refractivity contribution in [3.05, 3.63) is 27.8 Å². The molecular formula is C13H19N3O2S. The molecule has 0 aliphatic carbocycles. The molecule has 0 saturated heterocycles. The minimum atomic E-state index is -0.504. The van der Waals surface area contributed by atoms with E-state index in [1.165, 1.54) is 0 Å². The molecular weight excluding hydrogens is 262 g/mol. The van der Waals surface area contributed by atoms with E-state index in [-0.39, 0.29) is 11.8 Å². The quantitative estimate of drug-likeness (QED) is 0.911. The fourth-order valence-corrected chi connectivity index (χ4v) is 2.91. The highest BCUT2D eigenvalue weighted by Gasteiger charge is 2.27.